The molecule has 0 unspecified atom stereocenters. The van der Waals surface area contributed by atoms with Gasteiger partial charge in [0.2, 0.25) is 5.88 Å². The molecule has 0 radical (unpaired) electrons. The van der Waals surface area contributed by atoms with E-state index in [-0.39, 0.29) is 0 Å². The largest absolute Gasteiger partial charge is 0.439 e. The molecule has 1 aromatic heterocycles. The van der Waals surface area contributed by atoms with E-state index in [0.717, 1.165) is 15.9 Å². The first-order valence-corrected chi connectivity index (χ1v) is 6.52. The number of rotatable bonds is 2. The van der Waals surface area contributed by atoms with Crippen LogP contribution in [0.3, 0.4) is 0 Å². The molecular formula is C14H15BrN2O. The van der Waals surface area contributed by atoms with Gasteiger partial charge in [0.15, 0.2) is 0 Å². The molecule has 0 spiro atoms. The number of hydrogen-bond donors (Lipinski definition) is 0. The molecule has 0 saturated heterocycles. The highest BCUT2D eigenvalue weighted by atomic mass is 79.9. The lowest BCUT2D eigenvalue weighted by atomic mass is 10.1. The summed E-state index contributed by atoms with van der Waals surface area (Å²) >= 11 is 3.34. The molecule has 0 bridgehead atoms. The molecule has 0 aliphatic rings. The van der Waals surface area contributed by atoms with Gasteiger partial charge < -0.3 is 4.74 Å². The Hall–Kier alpha value is -1.42. The molecule has 0 saturated carbocycles. The maximum absolute atomic E-state index is 5.85. The SMILES string of the molecule is Cc1cc(C)c(C)c(Oc2cc(Br)nc(C)n2)c1. The molecule has 4 heteroatoms. The van der Waals surface area contributed by atoms with Crippen LogP contribution in [0.5, 0.6) is 11.6 Å². The molecular weight excluding hydrogens is 292 g/mol. The van der Waals surface area contributed by atoms with Gasteiger partial charge in [-0.2, -0.15) is 4.98 Å². The van der Waals surface area contributed by atoms with E-state index < -0.39 is 0 Å². The standard InChI is InChI=1S/C14H15BrN2O/c1-8-5-9(2)10(3)12(6-8)18-14-7-13(15)16-11(4)17-14/h5-7H,1-4H3. The lowest BCUT2D eigenvalue weighted by Gasteiger charge is -2.11. The van der Waals surface area contributed by atoms with Gasteiger partial charge in [0.05, 0.1) is 0 Å². The highest BCUT2D eigenvalue weighted by Crippen LogP contribution is 2.28. The maximum atomic E-state index is 5.85. The summed E-state index contributed by atoms with van der Waals surface area (Å²) in [5, 5.41) is 0. The first-order valence-electron chi connectivity index (χ1n) is 5.72. The second-order valence-electron chi connectivity index (χ2n) is 4.38. The van der Waals surface area contributed by atoms with Gasteiger partial charge in [-0.3, -0.25) is 0 Å². The van der Waals surface area contributed by atoms with Crippen LogP contribution in [0.4, 0.5) is 0 Å². The molecule has 1 aromatic carbocycles. The minimum atomic E-state index is 0.558. The smallest absolute Gasteiger partial charge is 0.223 e. The van der Waals surface area contributed by atoms with E-state index in [2.05, 4.69) is 45.8 Å². The van der Waals surface area contributed by atoms with Crippen LogP contribution in [0.2, 0.25) is 0 Å². The highest BCUT2D eigenvalue weighted by molar-refractivity contribution is 9.10. The van der Waals surface area contributed by atoms with Crippen molar-refractivity contribution in [3.63, 3.8) is 0 Å². The molecule has 0 N–H and O–H groups in total. The Morgan fingerprint density at radius 1 is 1.00 bits per heavy atom. The molecule has 0 atom stereocenters. The van der Waals surface area contributed by atoms with Crippen LogP contribution < -0.4 is 4.74 Å². The fraction of sp³-hybridized carbons (Fsp3) is 0.286. The van der Waals surface area contributed by atoms with E-state index in [9.17, 15) is 0 Å². The normalized spacial score (nSPS) is 10.5. The van der Waals surface area contributed by atoms with Crippen LogP contribution in [-0.2, 0) is 0 Å². The number of benzene rings is 1. The van der Waals surface area contributed by atoms with Crippen LogP contribution in [0, 0.1) is 27.7 Å². The van der Waals surface area contributed by atoms with Gasteiger partial charge in [0.25, 0.3) is 0 Å². The van der Waals surface area contributed by atoms with Crippen molar-refractivity contribution >= 4 is 15.9 Å². The summed E-state index contributed by atoms with van der Waals surface area (Å²) < 4.78 is 6.58. The lowest BCUT2D eigenvalue weighted by Crippen LogP contribution is -1.96. The molecule has 3 nitrogen and oxygen atoms in total. The van der Waals surface area contributed by atoms with Crippen molar-refractivity contribution in [2.24, 2.45) is 0 Å². The highest BCUT2D eigenvalue weighted by Gasteiger charge is 2.07. The van der Waals surface area contributed by atoms with Gasteiger partial charge in [0, 0.05) is 6.07 Å². The van der Waals surface area contributed by atoms with Gasteiger partial charge in [-0.15, -0.1) is 0 Å². The summed E-state index contributed by atoms with van der Waals surface area (Å²) in [6, 6.07) is 5.93. The Morgan fingerprint density at radius 3 is 2.39 bits per heavy atom. The second kappa shape index (κ2) is 5.06. The summed E-state index contributed by atoms with van der Waals surface area (Å²) in [5.41, 5.74) is 3.53. The first-order chi connectivity index (χ1) is 8.45. The minimum absolute atomic E-state index is 0.558. The second-order valence-corrected chi connectivity index (χ2v) is 5.20. The van der Waals surface area contributed by atoms with Gasteiger partial charge in [-0.25, -0.2) is 4.98 Å². The van der Waals surface area contributed by atoms with Crippen molar-refractivity contribution in [1.82, 2.24) is 9.97 Å². The Balaban J connectivity index is 2.39. The summed E-state index contributed by atoms with van der Waals surface area (Å²) in [5.74, 6) is 2.08. The monoisotopic (exact) mass is 306 g/mol. The summed E-state index contributed by atoms with van der Waals surface area (Å²) in [7, 11) is 0. The van der Waals surface area contributed by atoms with E-state index >= 15 is 0 Å². The Morgan fingerprint density at radius 2 is 1.72 bits per heavy atom. The van der Waals surface area contributed by atoms with Gasteiger partial charge in [0.1, 0.15) is 16.2 Å². The molecule has 0 fully saturated rings. The average molecular weight is 307 g/mol. The molecule has 2 aromatic rings. The molecule has 1 heterocycles. The van der Waals surface area contributed by atoms with Crippen LogP contribution in [-0.4, -0.2) is 9.97 Å². The van der Waals surface area contributed by atoms with Gasteiger partial charge >= 0.3 is 0 Å². The number of ether oxygens (including phenoxy) is 1. The van der Waals surface area contributed by atoms with Crippen LogP contribution in [0.15, 0.2) is 22.8 Å². The number of aryl methyl sites for hydroxylation is 3. The lowest BCUT2D eigenvalue weighted by molar-refractivity contribution is 0.455. The third-order valence-electron chi connectivity index (χ3n) is 2.76. The minimum Gasteiger partial charge on any atom is -0.439 e. The van der Waals surface area contributed by atoms with E-state index in [1.165, 1.54) is 11.1 Å². The van der Waals surface area contributed by atoms with Crippen molar-refractivity contribution in [3.8, 4) is 11.6 Å². The number of hydrogen-bond acceptors (Lipinski definition) is 3. The number of nitrogens with zero attached hydrogens (tertiary/aromatic N) is 2. The molecule has 0 aliphatic carbocycles. The van der Waals surface area contributed by atoms with Crippen LogP contribution in [0.25, 0.3) is 0 Å². The van der Waals surface area contributed by atoms with E-state index in [4.69, 9.17) is 4.74 Å². The fourth-order valence-corrected chi connectivity index (χ4v) is 2.23. The number of aromatic nitrogens is 2. The van der Waals surface area contributed by atoms with E-state index in [0.29, 0.717) is 11.7 Å². The zero-order chi connectivity index (χ0) is 13.3. The Bertz CT molecular complexity index is 576. The van der Waals surface area contributed by atoms with Crippen LogP contribution in [0.1, 0.15) is 22.5 Å². The van der Waals surface area contributed by atoms with Crippen molar-refractivity contribution in [1.29, 1.82) is 0 Å². The first kappa shape index (κ1) is 13.0. The predicted molar refractivity (Wildman–Crippen MR) is 75.2 cm³/mol. The van der Waals surface area contributed by atoms with Gasteiger partial charge in [-0.05, 0) is 66.4 Å². The zero-order valence-electron chi connectivity index (χ0n) is 10.9. The van der Waals surface area contributed by atoms with E-state index in [1.807, 2.05) is 19.9 Å². The van der Waals surface area contributed by atoms with Crippen molar-refractivity contribution in [3.05, 3.63) is 45.3 Å². The maximum Gasteiger partial charge on any atom is 0.223 e. The third-order valence-corrected chi connectivity index (χ3v) is 3.17. The Kier molecular flexibility index (Phi) is 3.66. The van der Waals surface area contributed by atoms with Crippen molar-refractivity contribution in [2.45, 2.75) is 27.7 Å². The summed E-state index contributed by atoms with van der Waals surface area (Å²) in [4.78, 5) is 8.43. The number of halogens is 1. The Labute approximate surface area is 115 Å². The van der Waals surface area contributed by atoms with Crippen molar-refractivity contribution in [2.75, 3.05) is 0 Å². The van der Waals surface area contributed by atoms with E-state index in [1.54, 1.807) is 6.07 Å². The molecule has 0 amide bonds. The van der Waals surface area contributed by atoms with Gasteiger partial charge in [-0.1, -0.05) is 6.07 Å². The quantitative estimate of drug-likeness (QED) is 0.777. The average Bonchev–Trinajstić information content (AvgIpc) is 2.23. The van der Waals surface area contributed by atoms with Crippen LogP contribution >= 0.6 is 15.9 Å². The van der Waals surface area contributed by atoms with Crippen molar-refractivity contribution < 1.29 is 4.74 Å². The molecule has 2 rings (SSSR count). The molecule has 94 valence electrons. The third kappa shape index (κ3) is 2.88. The molecule has 0 aliphatic heterocycles. The zero-order valence-corrected chi connectivity index (χ0v) is 12.5. The fourth-order valence-electron chi connectivity index (χ4n) is 1.78. The summed E-state index contributed by atoms with van der Waals surface area (Å²) in [6.07, 6.45) is 0. The summed E-state index contributed by atoms with van der Waals surface area (Å²) in [6.45, 7) is 8.02. The topological polar surface area (TPSA) is 35.0 Å². The predicted octanol–water partition coefficient (Wildman–Crippen LogP) is 4.27. The molecule has 18 heavy (non-hydrogen) atoms.